The summed E-state index contributed by atoms with van der Waals surface area (Å²) in [4.78, 5) is 7.75. The molecule has 0 unspecified atom stereocenters. The number of anilines is 1. The molecule has 1 rings (SSSR count). The van der Waals surface area contributed by atoms with Crippen molar-refractivity contribution >= 4 is 16.5 Å². The van der Waals surface area contributed by atoms with E-state index in [1.54, 1.807) is 11.3 Å². The third-order valence-corrected chi connectivity index (χ3v) is 3.11. The lowest BCUT2D eigenvalue weighted by Crippen LogP contribution is -2.22. The van der Waals surface area contributed by atoms with Gasteiger partial charge >= 0.3 is 0 Å². The highest BCUT2D eigenvalue weighted by Gasteiger charge is 2.05. The van der Waals surface area contributed by atoms with E-state index in [0.717, 1.165) is 31.4 Å². The molecular formula is C10H19N3OS. The quantitative estimate of drug-likeness (QED) is 0.716. The van der Waals surface area contributed by atoms with Crippen LogP contribution in [0.1, 0.15) is 11.8 Å². The highest BCUT2D eigenvalue weighted by atomic mass is 32.1. The van der Waals surface area contributed by atoms with Gasteiger partial charge in [0.05, 0.1) is 6.61 Å². The van der Waals surface area contributed by atoms with Crippen molar-refractivity contribution < 1.29 is 4.74 Å². The molecule has 0 saturated heterocycles. The predicted octanol–water partition coefficient (Wildman–Crippen LogP) is 1.34. The summed E-state index contributed by atoms with van der Waals surface area (Å²) in [6, 6.07) is 0. The van der Waals surface area contributed by atoms with Crippen LogP contribution < -0.4 is 10.2 Å². The second-order valence-electron chi connectivity index (χ2n) is 3.26. The maximum Gasteiger partial charge on any atom is 0.185 e. The summed E-state index contributed by atoms with van der Waals surface area (Å²) in [5, 5.41) is 4.17. The molecule has 5 heteroatoms. The van der Waals surface area contributed by atoms with Crippen molar-refractivity contribution in [2.45, 2.75) is 13.5 Å². The Morgan fingerprint density at radius 3 is 3.07 bits per heavy atom. The fraction of sp³-hybridized carbons (Fsp3) is 0.700. The topological polar surface area (TPSA) is 37.4 Å². The predicted molar refractivity (Wildman–Crippen MR) is 64.6 cm³/mol. The summed E-state index contributed by atoms with van der Waals surface area (Å²) in [7, 11) is 3.99. The molecule has 0 fully saturated rings. The fourth-order valence-electron chi connectivity index (χ4n) is 1.17. The van der Waals surface area contributed by atoms with Gasteiger partial charge < -0.3 is 15.0 Å². The van der Waals surface area contributed by atoms with E-state index in [0.29, 0.717) is 0 Å². The van der Waals surface area contributed by atoms with Crippen LogP contribution in [0.15, 0.2) is 6.20 Å². The van der Waals surface area contributed by atoms with E-state index in [1.165, 1.54) is 4.88 Å². The Bertz CT molecular complexity index is 277. The molecule has 4 nitrogen and oxygen atoms in total. The highest BCUT2D eigenvalue weighted by molar-refractivity contribution is 7.15. The number of thiazole rings is 1. The van der Waals surface area contributed by atoms with Crippen molar-refractivity contribution in [2.24, 2.45) is 0 Å². The lowest BCUT2D eigenvalue weighted by molar-refractivity contribution is 0.154. The summed E-state index contributed by atoms with van der Waals surface area (Å²) in [6.07, 6.45) is 1.92. The molecule has 0 atom stereocenters. The van der Waals surface area contributed by atoms with Gasteiger partial charge in [0, 0.05) is 37.8 Å². The van der Waals surface area contributed by atoms with E-state index < -0.39 is 0 Å². The zero-order chi connectivity index (χ0) is 11.1. The van der Waals surface area contributed by atoms with Crippen LogP contribution in [0.2, 0.25) is 0 Å². The molecule has 0 bridgehead atoms. The van der Waals surface area contributed by atoms with E-state index >= 15 is 0 Å². The van der Waals surface area contributed by atoms with E-state index in [-0.39, 0.29) is 0 Å². The molecule has 0 aliphatic heterocycles. The van der Waals surface area contributed by atoms with Gasteiger partial charge in [-0.1, -0.05) is 0 Å². The summed E-state index contributed by atoms with van der Waals surface area (Å²) < 4.78 is 5.30. The normalized spacial score (nSPS) is 10.6. The molecule has 15 heavy (non-hydrogen) atoms. The Labute approximate surface area is 95.3 Å². The van der Waals surface area contributed by atoms with Crippen LogP contribution in [0.25, 0.3) is 0 Å². The smallest absolute Gasteiger partial charge is 0.185 e. The van der Waals surface area contributed by atoms with Gasteiger partial charge in [0.15, 0.2) is 5.13 Å². The van der Waals surface area contributed by atoms with Gasteiger partial charge in [0.2, 0.25) is 0 Å². The lowest BCUT2D eigenvalue weighted by atomic mass is 10.5. The molecule has 1 aromatic rings. The van der Waals surface area contributed by atoms with Crippen molar-refractivity contribution in [3.05, 3.63) is 11.1 Å². The molecule has 86 valence electrons. The number of nitrogens with zero attached hydrogens (tertiary/aromatic N) is 2. The van der Waals surface area contributed by atoms with Crippen molar-refractivity contribution in [1.82, 2.24) is 10.3 Å². The Morgan fingerprint density at radius 2 is 2.40 bits per heavy atom. The first-order chi connectivity index (χ1) is 7.27. The minimum absolute atomic E-state index is 0.758. The van der Waals surface area contributed by atoms with Gasteiger partial charge in [0.1, 0.15) is 0 Å². The van der Waals surface area contributed by atoms with Gasteiger partial charge in [-0.2, -0.15) is 0 Å². The number of ether oxygens (including phenoxy) is 1. The number of nitrogens with one attached hydrogen (secondary N) is 1. The van der Waals surface area contributed by atoms with Gasteiger partial charge in [0.25, 0.3) is 0 Å². The summed E-state index contributed by atoms with van der Waals surface area (Å²) in [6.45, 7) is 5.32. The van der Waals surface area contributed by atoms with E-state index in [2.05, 4.69) is 15.2 Å². The molecule has 1 heterocycles. The average Bonchev–Trinajstić information content (AvgIpc) is 2.67. The number of aromatic nitrogens is 1. The zero-order valence-electron chi connectivity index (χ0n) is 9.62. The minimum Gasteiger partial charge on any atom is -0.380 e. The first-order valence-corrected chi connectivity index (χ1v) is 5.97. The second kappa shape index (κ2) is 6.76. The average molecular weight is 229 g/mol. The maximum atomic E-state index is 5.30. The fourth-order valence-corrected chi connectivity index (χ4v) is 2.08. The third kappa shape index (κ3) is 4.15. The standard InChI is InChI=1S/C10H19N3OS/c1-4-14-6-5-13(3)10-12-8-9(15-10)7-11-2/h8,11H,4-7H2,1-3H3. The lowest BCUT2D eigenvalue weighted by Gasteiger charge is -2.14. The number of rotatable bonds is 7. The molecule has 0 aliphatic rings. The van der Waals surface area contributed by atoms with Crippen LogP contribution >= 0.6 is 11.3 Å². The third-order valence-electron chi connectivity index (χ3n) is 1.99. The minimum atomic E-state index is 0.758. The second-order valence-corrected chi connectivity index (χ2v) is 4.35. The SMILES string of the molecule is CCOCCN(C)c1ncc(CNC)s1. The van der Waals surface area contributed by atoms with Gasteiger partial charge in [-0.3, -0.25) is 0 Å². The van der Waals surface area contributed by atoms with Crippen LogP contribution in [-0.4, -0.2) is 38.8 Å². The largest absolute Gasteiger partial charge is 0.380 e. The van der Waals surface area contributed by atoms with Crippen LogP contribution in [0.3, 0.4) is 0 Å². The van der Waals surface area contributed by atoms with Crippen LogP contribution in [0.4, 0.5) is 5.13 Å². The molecule has 0 spiro atoms. The molecule has 0 aliphatic carbocycles. The summed E-state index contributed by atoms with van der Waals surface area (Å²) >= 11 is 1.72. The number of hydrogen-bond acceptors (Lipinski definition) is 5. The molecule has 0 saturated carbocycles. The van der Waals surface area contributed by atoms with Gasteiger partial charge in [-0.05, 0) is 14.0 Å². The Hall–Kier alpha value is -0.650. The first-order valence-electron chi connectivity index (χ1n) is 5.16. The molecule has 0 aromatic carbocycles. The molecule has 0 radical (unpaired) electrons. The van der Waals surface area contributed by atoms with Gasteiger partial charge in [-0.25, -0.2) is 4.98 Å². The number of hydrogen-bond donors (Lipinski definition) is 1. The van der Waals surface area contributed by atoms with Crippen LogP contribution in [-0.2, 0) is 11.3 Å². The Balaban J connectivity index is 2.39. The van der Waals surface area contributed by atoms with Crippen molar-refractivity contribution in [3.63, 3.8) is 0 Å². The zero-order valence-corrected chi connectivity index (χ0v) is 10.4. The summed E-state index contributed by atoms with van der Waals surface area (Å²) in [5.74, 6) is 0. The van der Waals surface area contributed by atoms with E-state index in [9.17, 15) is 0 Å². The molecule has 0 amide bonds. The summed E-state index contributed by atoms with van der Waals surface area (Å²) in [5.41, 5.74) is 0. The first kappa shape index (κ1) is 12.4. The highest BCUT2D eigenvalue weighted by Crippen LogP contribution is 2.20. The molecular weight excluding hydrogens is 210 g/mol. The van der Waals surface area contributed by atoms with Gasteiger partial charge in [-0.15, -0.1) is 11.3 Å². The maximum absolute atomic E-state index is 5.30. The Morgan fingerprint density at radius 1 is 1.60 bits per heavy atom. The van der Waals surface area contributed by atoms with E-state index in [1.807, 2.05) is 27.2 Å². The van der Waals surface area contributed by atoms with Crippen LogP contribution in [0.5, 0.6) is 0 Å². The molecule has 1 aromatic heterocycles. The van der Waals surface area contributed by atoms with E-state index in [4.69, 9.17) is 4.74 Å². The monoisotopic (exact) mass is 229 g/mol. The molecule has 1 N–H and O–H groups in total. The number of likely N-dealkylation sites (N-methyl/N-ethyl adjacent to an activating group) is 1. The van der Waals surface area contributed by atoms with Crippen molar-refractivity contribution in [3.8, 4) is 0 Å². The van der Waals surface area contributed by atoms with Crippen molar-refractivity contribution in [2.75, 3.05) is 38.8 Å². The van der Waals surface area contributed by atoms with Crippen molar-refractivity contribution in [1.29, 1.82) is 0 Å². The Kier molecular flexibility index (Phi) is 5.60. The van der Waals surface area contributed by atoms with Crippen LogP contribution in [0, 0.1) is 0 Å².